The number of nitro benzene ring substituents is 2. The van der Waals surface area contributed by atoms with E-state index in [1.807, 2.05) is 0 Å². The van der Waals surface area contributed by atoms with Gasteiger partial charge in [0.05, 0.1) is 22.5 Å². The fraction of sp³-hybridized carbons (Fsp3) is 0.235. The predicted molar refractivity (Wildman–Crippen MR) is 96.2 cm³/mol. The van der Waals surface area contributed by atoms with Crippen LogP contribution in [0.25, 0.3) is 0 Å². The highest BCUT2D eigenvalue weighted by atomic mass is 16.6. The number of hydrogen-bond acceptors (Lipinski definition) is 7. The first-order chi connectivity index (χ1) is 12.8. The molecule has 0 aliphatic carbocycles. The molecule has 2 rings (SSSR count). The summed E-state index contributed by atoms with van der Waals surface area (Å²) < 4.78 is 10.4. The number of ether oxygens (including phenoxy) is 2. The first-order valence-corrected chi connectivity index (χ1v) is 7.90. The van der Waals surface area contributed by atoms with Gasteiger partial charge in [0, 0.05) is 6.07 Å². The molecule has 27 heavy (non-hydrogen) atoms. The van der Waals surface area contributed by atoms with Crippen LogP contribution in [0, 0.1) is 27.2 Å². The molecule has 0 heterocycles. The third-order valence-corrected chi connectivity index (χ3v) is 3.42. The summed E-state index contributed by atoms with van der Waals surface area (Å²) in [5.74, 6) is -0.455. The van der Waals surface area contributed by atoms with Crippen LogP contribution in [0.5, 0.6) is 11.5 Å². The Bertz CT molecular complexity index is 883. The van der Waals surface area contributed by atoms with Gasteiger partial charge < -0.3 is 14.8 Å². The van der Waals surface area contributed by atoms with Crippen LogP contribution < -0.4 is 14.8 Å². The van der Waals surface area contributed by atoms with Gasteiger partial charge in [-0.25, -0.2) is 0 Å². The molecule has 1 amide bonds. The van der Waals surface area contributed by atoms with Crippen LogP contribution in [0.3, 0.4) is 0 Å². The Morgan fingerprint density at radius 3 is 2.37 bits per heavy atom. The zero-order valence-electron chi connectivity index (χ0n) is 14.6. The largest absolute Gasteiger partial charge is 0.494 e. The molecule has 0 saturated heterocycles. The molecular weight excluding hydrogens is 358 g/mol. The molecule has 2 aromatic rings. The number of nitrogens with zero attached hydrogens (tertiary/aromatic N) is 2. The molecule has 0 radical (unpaired) electrons. The van der Waals surface area contributed by atoms with Crippen molar-refractivity contribution in [3.63, 3.8) is 0 Å². The zero-order chi connectivity index (χ0) is 20.0. The molecule has 0 aliphatic heterocycles. The molecule has 0 fully saturated rings. The van der Waals surface area contributed by atoms with E-state index in [1.54, 1.807) is 19.9 Å². The Labute approximate surface area is 154 Å². The number of anilines is 1. The van der Waals surface area contributed by atoms with Crippen molar-refractivity contribution in [2.45, 2.75) is 13.8 Å². The molecule has 0 aromatic heterocycles. The van der Waals surface area contributed by atoms with Crippen LogP contribution in [-0.2, 0) is 4.79 Å². The fourth-order valence-corrected chi connectivity index (χ4v) is 2.24. The van der Waals surface area contributed by atoms with Gasteiger partial charge in [0.2, 0.25) is 0 Å². The summed E-state index contributed by atoms with van der Waals surface area (Å²) in [6.45, 7) is 3.25. The lowest BCUT2D eigenvalue weighted by atomic mass is 10.2. The van der Waals surface area contributed by atoms with Crippen molar-refractivity contribution in [1.82, 2.24) is 0 Å². The minimum atomic E-state index is -0.696. The number of nitrogens with one attached hydrogen (secondary N) is 1. The quantitative estimate of drug-likeness (QED) is 0.553. The van der Waals surface area contributed by atoms with E-state index in [2.05, 4.69) is 5.32 Å². The van der Waals surface area contributed by atoms with Crippen molar-refractivity contribution in [3.8, 4) is 11.5 Å². The number of rotatable bonds is 8. The van der Waals surface area contributed by atoms with Crippen molar-refractivity contribution in [2.75, 3.05) is 18.5 Å². The van der Waals surface area contributed by atoms with Gasteiger partial charge in [-0.05, 0) is 37.6 Å². The Kier molecular flexibility index (Phi) is 6.26. The molecule has 0 saturated carbocycles. The van der Waals surface area contributed by atoms with Gasteiger partial charge in [0.25, 0.3) is 11.6 Å². The van der Waals surface area contributed by atoms with E-state index in [0.29, 0.717) is 12.4 Å². The summed E-state index contributed by atoms with van der Waals surface area (Å²) in [5, 5.41) is 24.6. The third kappa shape index (κ3) is 5.14. The summed E-state index contributed by atoms with van der Waals surface area (Å²) in [4.78, 5) is 33.0. The van der Waals surface area contributed by atoms with Crippen LogP contribution in [0.4, 0.5) is 17.1 Å². The lowest BCUT2D eigenvalue weighted by Gasteiger charge is -2.10. The van der Waals surface area contributed by atoms with E-state index in [9.17, 15) is 25.0 Å². The van der Waals surface area contributed by atoms with Crippen LogP contribution in [0.15, 0.2) is 36.4 Å². The molecule has 10 nitrogen and oxygen atoms in total. The summed E-state index contributed by atoms with van der Waals surface area (Å²) in [6, 6.07) is 8.29. The second-order valence-electron chi connectivity index (χ2n) is 5.43. The number of amides is 1. The smallest absolute Gasteiger partial charge is 0.310 e. The lowest BCUT2D eigenvalue weighted by molar-refractivity contribution is -0.385. The number of carbonyl (C=O) groups is 1. The molecule has 0 unspecified atom stereocenters. The van der Waals surface area contributed by atoms with Gasteiger partial charge in [-0.3, -0.25) is 25.0 Å². The minimum absolute atomic E-state index is 0.0317. The van der Waals surface area contributed by atoms with E-state index in [0.717, 1.165) is 5.56 Å². The van der Waals surface area contributed by atoms with Crippen LogP contribution in [-0.4, -0.2) is 29.0 Å². The number of benzene rings is 2. The summed E-state index contributed by atoms with van der Waals surface area (Å²) in [6.07, 6.45) is 0. The predicted octanol–water partition coefficient (Wildman–Crippen LogP) is 3.23. The molecule has 10 heteroatoms. The van der Waals surface area contributed by atoms with Crippen molar-refractivity contribution in [3.05, 3.63) is 62.2 Å². The van der Waals surface area contributed by atoms with E-state index < -0.39 is 22.4 Å². The SMILES string of the molecule is CCOc1ccc(NC(=O)COc2cc(C)ccc2[N+](=O)[O-])c([N+](=O)[O-])c1. The van der Waals surface area contributed by atoms with Crippen molar-refractivity contribution in [2.24, 2.45) is 0 Å². The van der Waals surface area contributed by atoms with Crippen molar-refractivity contribution < 1.29 is 24.1 Å². The van der Waals surface area contributed by atoms with Crippen LogP contribution in [0.1, 0.15) is 12.5 Å². The highest BCUT2D eigenvalue weighted by Crippen LogP contribution is 2.30. The van der Waals surface area contributed by atoms with E-state index in [4.69, 9.17) is 9.47 Å². The topological polar surface area (TPSA) is 134 Å². The second kappa shape index (κ2) is 8.61. The Hall–Kier alpha value is -3.69. The van der Waals surface area contributed by atoms with Gasteiger partial charge in [-0.1, -0.05) is 6.07 Å². The first kappa shape index (κ1) is 19.6. The summed E-state index contributed by atoms with van der Waals surface area (Å²) in [7, 11) is 0. The molecule has 2 aromatic carbocycles. The number of hydrogen-bond donors (Lipinski definition) is 1. The van der Waals surface area contributed by atoms with E-state index in [-0.39, 0.29) is 22.8 Å². The second-order valence-corrected chi connectivity index (χ2v) is 5.43. The van der Waals surface area contributed by atoms with Gasteiger partial charge in [-0.2, -0.15) is 0 Å². The molecule has 142 valence electrons. The monoisotopic (exact) mass is 375 g/mol. The highest BCUT2D eigenvalue weighted by Gasteiger charge is 2.19. The van der Waals surface area contributed by atoms with Crippen LogP contribution in [0.2, 0.25) is 0 Å². The molecule has 0 spiro atoms. The number of carbonyl (C=O) groups excluding carboxylic acids is 1. The van der Waals surface area contributed by atoms with Gasteiger partial charge >= 0.3 is 5.69 Å². The third-order valence-electron chi connectivity index (χ3n) is 3.42. The summed E-state index contributed by atoms with van der Waals surface area (Å²) >= 11 is 0. The molecular formula is C17H17N3O7. The average molecular weight is 375 g/mol. The van der Waals surface area contributed by atoms with E-state index >= 15 is 0 Å². The molecule has 0 aliphatic rings. The van der Waals surface area contributed by atoms with Crippen LogP contribution >= 0.6 is 0 Å². The standard InChI is InChI=1S/C17H17N3O7/c1-3-26-12-5-6-13(15(9-12)20(24)25)18-17(21)10-27-16-8-11(2)4-7-14(16)19(22)23/h4-9H,3,10H2,1-2H3,(H,18,21). The average Bonchev–Trinajstić information content (AvgIpc) is 2.61. The Morgan fingerprint density at radius 2 is 1.74 bits per heavy atom. The maximum absolute atomic E-state index is 12.1. The molecule has 0 bridgehead atoms. The maximum atomic E-state index is 12.1. The summed E-state index contributed by atoms with van der Waals surface area (Å²) in [5.41, 5.74) is 0.0743. The number of aryl methyl sites for hydroxylation is 1. The zero-order valence-corrected chi connectivity index (χ0v) is 14.6. The Balaban J connectivity index is 2.12. The maximum Gasteiger partial charge on any atom is 0.310 e. The normalized spacial score (nSPS) is 10.1. The molecule has 1 N–H and O–H groups in total. The Morgan fingerprint density at radius 1 is 1.04 bits per heavy atom. The van der Waals surface area contributed by atoms with Gasteiger partial charge in [0.1, 0.15) is 11.4 Å². The highest BCUT2D eigenvalue weighted by molar-refractivity contribution is 5.94. The first-order valence-electron chi connectivity index (χ1n) is 7.90. The van der Waals surface area contributed by atoms with Gasteiger partial charge in [0.15, 0.2) is 12.4 Å². The molecule has 0 atom stereocenters. The minimum Gasteiger partial charge on any atom is -0.494 e. The van der Waals surface area contributed by atoms with Gasteiger partial charge in [-0.15, -0.1) is 0 Å². The lowest BCUT2D eigenvalue weighted by Crippen LogP contribution is -2.21. The van der Waals surface area contributed by atoms with Crippen molar-refractivity contribution >= 4 is 23.0 Å². The van der Waals surface area contributed by atoms with E-state index in [1.165, 1.54) is 30.3 Å². The fourth-order valence-electron chi connectivity index (χ4n) is 2.24. The number of nitro groups is 2. The van der Waals surface area contributed by atoms with Crippen molar-refractivity contribution in [1.29, 1.82) is 0 Å².